The van der Waals surface area contributed by atoms with Crippen molar-refractivity contribution in [2.24, 2.45) is 0 Å². The van der Waals surface area contributed by atoms with Crippen molar-refractivity contribution in [2.45, 2.75) is 44.3 Å². The summed E-state index contributed by atoms with van der Waals surface area (Å²) >= 11 is 0. The Hall–Kier alpha value is -2.08. The van der Waals surface area contributed by atoms with Crippen LogP contribution in [0.4, 0.5) is 0 Å². The van der Waals surface area contributed by atoms with Gasteiger partial charge in [0.2, 0.25) is 0 Å². The van der Waals surface area contributed by atoms with Gasteiger partial charge in [0.05, 0.1) is 6.10 Å². The van der Waals surface area contributed by atoms with E-state index in [2.05, 4.69) is 10.1 Å². The fraction of sp³-hybridized carbons (Fsp3) is 0.467. The lowest BCUT2D eigenvalue weighted by Gasteiger charge is -2.39. The fourth-order valence-corrected chi connectivity index (χ4v) is 2.59. The van der Waals surface area contributed by atoms with Crippen LogP contribution in [0.5, 0.6) is 11.5 Å². The van der Waals surface area contributed by atoms with Gasteiger partial charge in [0, 0.05) is 5.41 Å². The van der Waals surface area contributed by atoms with Crippen LogP contribution in [-0.2, 0) is 5.41 Å². The quantitative estimate of drug-likeness (QED) is 0.898. The van der Waals surface area contributed by atoms with Crippen LogP contribution in [0, 0.1) is 0 Å². The van der Waals surface area contributed by atoms with Crippen LogP contribution in [-0.4, -0.2) is 26.5 Å². The van der Waals surface area contributed by atoms with Gasteiger partial charge >= 0.3 is 0 Å². The van der Waals surface area contributed by atoms with Crippen LogP contribution in [0.15, 0.2) is 28.8 Å². The van der Waals surface area contributed by atoms with E-state index in [9.17, 15) is 10.2 Å². The molecule has 1 aliphatic carbocycles. The molecular formula is C15H18N2O4. The summed E-state index contributed by atoms with van der Waals surface area (Å²) in [7, 11) is 0. The third kappa shape index (κ3) is 2.71. The highest BCUT2D eigenvalue weighted by Gasteiger charge is 2.44. The maximum absolute atomic E-state index is 9.45. The number of hydrogen-bond acceptors (Lipinski definition) is 6. The number of aliphatic hydroxyl groups is 1. The SMILES string of the molecule is C[C@@H](Oc1ccc(O)cc1)c1nc(C2(C)CC(O)C2)no1. The van der Waals surface area contributed by atoms with Gasteiger partial charge < -0.3 is 19.5 Å². The maximum Gasteiger partial charge on any atom is 0.267 e. The predicted molar refractivity (Wildman–Crippen MR) is 74.0 cm³/mol. The average molecular weight is 290 g/mol. The first-order chi connectivity index (χ1) is 9.96. The molecule has 6 nitrogen and oxygen atoms in total. The van der Waals surface area contributed by atoms with E-state index < -0.39 is 0 Å². The van der Waals surface area contributed by atoms with Gasteiger partial charge in [0.25, 0.3) is 5.89 Å². The molecule has 1 atom stereocenters. The molecule has 2 aromatic rings. The molecule has 1 aromatic heterocycles. The highest BCUT2D eigenvalue weighted by molar-refractivity contribution is 5.30. The summed E-state index contributed by atoms with van der Waals surface area (Å²) < 4.78 is 11.0. The number of rotatable bonds is 4. The smallest absolute Gasteiger partial charge is 0.267 e. The molecule has 1 aromatic carbocycles. The van der Waals surface area contributed by atoms with Gasteiger partial charge in [-0.25, -0.2) is 0 Å². The monoisotopic (exact) mass is 290 g/mol. The largest absolute Gasteiger partial charge is 0.508 e. The Balaban J connectivity index is 1.69. The highest BCUT2D eigenvalue weighted by Crippen LogP contribution is 2.42. The van der Waals surface area contributed by atoms with Crippen molar-refractivity contribution in [3.8, 4) is 11.5 Å². The van der Waals surface area contributed by atoms with E-state index in [-0.39, 0.29) is 23.4 Å². The van der Waals surface area contributed by atoms with Gasteiger partial charge in [0.1, 0.15) is 11.5 Å². The van der Waals surface area contributed by atoms with E-state index in [4.69, 9.17) is 9.26 Å². The second-order valence-electron chi connectivity index (χ2n) is 5.83. The van der Waals surface area contributed by atoms with Crippen LogP contribution < -0.4 is 4.74 Å². The zero-order valence-corrected chi connectivity index (χ0v) is 12.0. The van der Waals surface area contributed by atoms with Crippen LogP contribution in [0.3, 0.4) is 0 Å². The van der Waals surface area contributed by atoms with Crippen molar-refractivity contribution in [3.63, 3.8) is 0 Å². The van der Waals surface area contributed by atoms with E-state index in [0.717, 1.165) is 0 Å². The number of aromatic nitrogens is 2. The van der Waals surface area contributed by atoms with Crippen molar-refractivity contribution >= 4 is 0 Å². The minimum atomic E-state index is -0.385. The second-order valence-corrected chi connectivity index (χ2v) is 5.83. The first kappa shape index (κ1) is 13.9. The summed E-state index contributed by atoms with van der Waals surface area (Å²) in [5.41, 5.74) is -0.209. The van der Waals surface area contributed by atoms with Gasteiger partial charge in [0.15, 0.2) is 11.9 Å². The molecule has 0 unspecified atom stereocenters. The molecule has 2 N–H and O–H groups in total. The minimum Gasteiger partial charge on any atom is -0.508 e. The van der Waals surface area contributed by atoms with Crippen LogP contribution >= 0.6 is 0 Å². The molecule has 6 heteroatoms. The van der Waals surface area contributed by atoms with Gasteiger partial charge in [-0.1, -0.05) is 12.1 Å². The molecule has 112 valence electrons. The van der Waals surface area contributed by atoms with Gasteiger partial charge in [-0.2, -0.15) is 4.98 Å². The number of nitrogens with zero attached hydrogens (tertiary/aromatic N) is 2. The Labute approximate surface area is 122 Å². The molecule has 3 rings (SSSR count). The van der Waals surface area contributed by atoms with Crippen LogP contribution in [0.1, 0.15) is 44.5 Å². The topological polar surface area (TPSA) is 88.6 Å². The maximum atomic E-state index is 9.45. The molecule has 0 saturated heterocycles. The Morgan fingerprint density at radius 1 is 1.33 bits per heavy atom. The number of hydrogen-bond donors (Lipinski definition) is 2. The van der Waals surface area contributed by atoms with E-state index in [1.54, 1.807) is 24.3 Å². The molecule has 1 fully saturated rings. The number of aromatic hydroxyl groups is 1. The average Bonchev–Trinajstić information content (AvgIpc) is 2.90. The predicted octanol–water partition coefficient (Wildman–Crippen LogP) is 2.33. The normalized spacial score (nSPS) is 26.1. The van der Waals surface area contributed by atoms with Crippen molar-refractivity contribution in [1.29, 1.82) is 0 Å². The summed E-state index contributed by atoms with van der Waals surface area (Å²) in [4.78, 5) is 4.39. The summed E-state index contributed by atoms with van der Waals surface area (Å²) in [5.74, 6) is 1.82. The Morgan fingerprint density at radius 3 is 2.62 bits per heavy atom. The third-order valence-electron chi connectivity index (χ3n) is 3.85. The summed E-state index contributed by atoms with van der Waals surface area (Å²) in [6.45, 7) is 3.84. The fourth-order valence-electron chi connectivity index (χ4n) is 2.59. The van der Waals surface area contributed by atoms with Crippen molar-refractivity contribution in [1.82, 2.24) is 10.1 Å². The molecule has 0 spiro atoms. The number of phenolic OH excluding ortho intramolecular Hbond substituents is 1. The zero-order valence-electron chi connectivity index (χ0n) is 12.0. The molecule has 21 heavy (non-hydrogen) atoms. The third-order valence-corrected chi connectivity index (χ3v) is 3.85. The van der Waals surface area contributed by atoms with E-state index in [0.29, 0.717) is 30.3 Å². The highest BCUT2D eigenvalue weighted by atomic mass is 16.5. The molecule has 0 aliphatic heterocycles. The standard InChI is InChI=1S/C15H18N2O4/c1-9(20-12-5-3-10(18)4-6-12)13-16-14(17-21-13)15(2)7-11(19)8-15/h3-6,9,11,18-19H,7-8H2,1-2H3/t9-,11?,15?/m1/s1. The number of aliphatic hydroxyl groups excluding tert-OH is 1. The molecule has 0 radical (unpaired) electrons. The van der Waals surface area contributed by atoms with Crippen molar-refractivity contribution in [2.75, 3.05) is 0 Å². The minimum absolute atomic E-state index is 0.187. The van der Waals surface area contributed by atoms with E-state index >= 15 is 0 Å². The Kier molecular flexibility index (Phi) is 3.33. The molecule has 1 aliphatic rings. The van der Waals surface area contributed by atoms with Gasteiger partial charge in [-0.3, -0.25) is 0 Å². The lowest BCUT2D eigenvalue weighted by atomic mass is 9.68. The summed E-state index contributed by atoms with van der Waals surface area (Å²) in [5, 5.41) is 22.7. The molecule has 1 saturated carbocycles. The van der Waals surface area contributed by atoms with Crippen LogP contribution in [0.2, 0.25) is 0 Å². The lowest BCUT2D eigenvalue weighted by molar-refractivity contribution is 0.0220. The van der Waals surface area contributed by atoms with Gasteiger partial charge in [-0.05, 0) is 44.0 Å². The first-order valence-electron chi connectivity index (χ1n) is 6.94. The Morgan fingerprint density at radius 2 is 2.00 bits per heavy atom. The summed E-state index contributed by atoms with van der Waals surface area (Å²) in [6, 6.07) is 6.45. The lowest BCUT2D eigenvalue weighted by Crippen LogP contribution is -2.42. The molecule has 1 heterocycles. The zero-order chi connectivity index (χ0) is 15.0. The first-order valence-corrected chi connectivity index (χ1v) is 6.94. The number of ether oxygens (including phenoxy) is 1. The van der Waals surface area contributed by atoms with Crippen LogP contribution in [0.25, 0.3) is 0 Å². The summed E-state index contributed by atoms with van der Waals surface area (Å²) in [6.07, 6.45) is 0.644. The molecular weight excluding hydrogens is 272 g/mol. The molecule has 0 amide bonds. The number of phenols is 1. The van der Waals surface area contributed by atoms with E-state index in [1.165, 1.54) is 0 Å². The second kappa shape index (κ2) is 5.04. The van der Waals surface area contributed by atoms with E-state index in [1.807, 2.05) is 13.8 Å². The molecule has 0 bridgehead atoms. The van der Waals surface area contributed by atoms with Crippen molar-refractivity contribution < 1.29 is 19.5 Å². The Bertz CT molecular complexity index is 617. The number of benzene rings is 1. The van der Waals surface area contributed by atoms with Gasteiger partial charge in [-0.15, -0.1) is 0 Å². The van der Waals surface area contributed by atoms with Crippen molar-refractivity contribution in [3.05, 3.63) is 36.0 Å².